The van der Waals surface area contributed by atoms with E-state index in [1.807, 2.05) is 6.07 Å². The highest BCUT2D eigenvalue weighted by molar-refractivity contribution is 5.33. The zero-order chi connectivity index (χ0) is 14.3. The molecule has 19 heavy (non-hydrogen) atoms. The highest BCUT2D eigenvalue weighted by Gasteiger charge is 2.48. The Morgan fingerprint density at radius 2 is 2.11 bits per heavy atom. The average Bonchev–Trinajstić information content (AvgIpc) is 2.56. The molecule has 0 spiro atoms. The van der Waals surface area contributed by atoms with Crippen molar-refractivity contribution < 1.29 is 9.47 Å². The first-order valence-corrected chi connectivity index (χ1v) is 6.70. The second-order valence-electron chi connectivity index (χ2n) is 6.42. The molecule has 1 saturated heterocycles. The van der Waals surface area contributed by atoms with E-state index in [9.17, 15) is 0 Å². The predicted octanol–water partition coefficient (Wildman–Crippen LogP) is 2.68. The van der Waals surface area contributed by atoms with Gasteiger partial charge in [-0.05, 0) is 40.2 Å². The van der Waals surface area contributed by atoms with Gasteiger partial charge in [0.2, 0.25) is 0 Å². The average molecular weight is 264 g/mol. The van der Waals surface area contributed by atoms with Crippen molar-refractivity contribution in [3.63, 3.8) is 0 Å². The zero-order valence-corrected chi connectivity index (χ0v) is 12.4. The molecule has 0 amide bonds. The number of pyridine rings is 1. The maximum absolute atomic E-state index is 6.49. The molecule has 1 aliphatic rings. The minimum atomic E-state index is -0.239. The van der Waals surface area contributed by atoms with Crippen LogP contribution in [0.25, 0.3) is 0 Å². The highest BCUT2D eigenvalue weighted by Crippen LogP contribution is 2.47. The van der Waals surface area contributed by atoms with Gasteiger partial charge in [-0.15, -0.1) is 0 Å². The molecular weight excluding hydrogens is 240 g/mol. The summed E-state index contributed by atoms with van der Waals surface area (Å²) in [7, 11) is 1.65. The van der Waals surface area contributed by atoms with Crippen LogP contribution in [0.2, 0.25) is 0 Å². The number of nitrogens with zero attached hydrogens (tertiary/aromatic N) is 1. The minimum Gasteiger partial charge on any atom is -0.495 e. The van der Waals surface area contributed by atoms with E-state index in [-0.39, 0.29) is 23.2 Å². The van der Waals surface area contributed by atoms with E-state index >= 15 is 0 Å². The summed E-state index contributed by atoms with van der Waals surface area (Å²) >= 11 is 0. The van der Waals surface area contributed by atoms with Crippen LogP contribution in [0.4, 0.5) is 0 Å². The SMILES string of the molecule is COc1cnccc1C(N)C1CC(C)(C)OC1(C)C. The van der Waals surface area contributed by atoms with Crippen molar-refractivity contribution in [1.82, 2.24) is 4.98 Å². The fourth-order valence-electron chi connectivity index (χ4n) is 3.22. The molecule has 106 valence electrons. The molecule has 0 bridgehead atoms. The third-order valence-corrected chi connectivity index (χ3v) is 3.97. The summed E-state index contributed by atoms with van der Waals surface area (Å²) in [6.07, 6.45) is 4.40. The van der Waals surface area contributed by atoms with Gasteiger partial charge < -0.3 is 15.2 Å². The Balaban J connectivity index is 2.31. The van der Waals surface area contributed by atoms with Crippen molar-refractivity contribution in [3.05, 3.63) is 24.0 Å². The molecule has 0 aromatic carbocycles. The number of hydrogen-bond donors (Lipinski definition) is 1. The molecule has 1 fully saturated rings. The summed E-state index contributed by atoms with van der Waals surface area (Å²) in [4.78, 5) is 4.08. The Kier molecular flexibility index (Phi) is 3.58. The fourth-order valence-corrected chi connectivity index (χ4v) is 3.22. The molecule has 2 heterocycles. The van der Waals surface area contributed by atoms with E-state index in [0.29, 0.717) is 0 Å². The Morgan fingerprint density at radius 1 is 1.42 bits per heavy atom. The van der Waals surface area contributed by atoms with Gasteiger partial charge in [-0.1, -0.05) is 0 Å². The van der Waals surface area contributed by atoms with Crippen molar-refractivity contribution in [1.29, 1.82) is 0 Å². The van der Waals surface area contributed by atoms with Crippen molar-refractivity contribution in [2.75, 3.05) is 7.11 Å². The number of ether oxygens (including phenoxy) is 2. The first kappa shape index (κ1) is 14.3. The van der Waals surface area contributed by atoms with Gasteiger partial charge in [-0.2, -0.15) is 0 Å². The van der Waals surface area contributed by atoms with Gasteiger partial charge in [0, 0.05) is 23.7 Å². The van der Waals surface area contributed by atoms with E-state index in [0.717, 1.165) is 17.7 Å². The molecule has 4 heteroatoms. The molecule has 0 aliphatic carbocycles. The molecule has 1 aliphatic heterocycles. The Bertz CT molecular complexity index is 457. The first-order chi connectivity index (χ1) is 8.77. The van der Waals surface area contributed by atoms with Crippen LogP contribution < -0.4 is 10.5 Å². The number of hydrogen-bond acceptors (Lipinski definition) is 4. The number of rotatable bonds is 3. The van der Waals surface area contributed by atoms with Crippen LogP contribution in [-0.4, -0.2) is 23.3 Å². The van der Waals surface area contributed by atoms with Crippen LogP contribution in [0, 0.1) is 5.92 Å². The Labute approximate surface area is 115 Å². The van der Waals surface area contributed by atoms with Crippen LogP contribution in [0.3, 0.4) is 0 Å². The summed E-state index contributed by atoms with van der Waals surface area (Å²) < 4.78 is 11.5. The van der Waals surface area contributed by atoms with E-state index in [2.05, 4.69) is 32.7 Å². The molecule has 2 N–H and O–H groups in total. The van der Waals surface area contributed by atoms with Crippen LogP contribution in [0.5, 0.6) is 5.75 Å². The molecule has 1 aromatic heterocycles. The third kappa shape index (κ3) is 2.74. The van der Waals surface area contributed by atoms with E-state index in [1.54, 1.807) is 19.5 Å². The predicted molar refractivity (Wildman–Crippen MR) is 75.1 cm³/mol. The minimum absolute atomic E-state index is 0.116. The summed E-state index contributed by atoms with van der Waals surface area (Å²) in [6, 6.07) is 1.82. The lowest BCUT2D eigenvalue weighted by Gasteiger charge is -2.31. The van der Waals surface area contributed by atoms with E-state index in [4.69, 9.17) is 15.2 Å². The number of methoxy groups -OCH3 is 1. The van der Waals surface area contributed by atoms with E-state index in [1.165, 1.54) is 0 Å². The second-order valence-corrected chi connectivity index (χ2v) is 6.42. The first-order valence-electron chi connectivity index (χ1n) is 6.70. The van der Waals surface area contributed by atoms with Crippen molar-refractivity contribution in [2.45, 2.75) is 51.4 Å². The lowest BCUT2D eigenvalue weighted by atomic mass is 9.79. The van der Waals surface area contributed by atoms with Gasteiger partial charge >= 0.3 is 0 Å². The van der Waals surface area contributed by atoms with Gasteiger partial charge in [0.25, 0.3) is 0 Å². The summed E-state index contributed by atoms with van der Waals surface area (Å²) in [5.74, 6) is 0.995. The summed E-state index contributed by atoms with van der Waals surface area (Å²) in [5.41, 5.74) is 7.11. The molecule has 0 saturated carbocycles. The quantitative estimate of drug-likeness (QED) is 0.912. The highest BCUT2D eigenvalue weighted by atomic mass is 16.5. The van der Waals surface area contributed by atoms with Gasteiger partial charge in [-0.3, -0.25) is 4.98 Å². The van der Waals surface area contributed by atoms with Gasteiger partial charge in [-0.25, -0.2) is 0 Å². The third-order valence-electron chi connectivity index (χ3n) is 3.97. The van der Waals surface area contributed by atoms with Crippen molar-refractivity contribution in [3.8, 4) is 5.75 Å². The summed E-state index contributed by atoms with van der Waals surface area (Å²) in [6.45, 7) is 8.45. The van der Waals surface area contributed by atoms with Crippen LogP contribution in [0.1, 0.15) is 45.7 Å². The maximum Gasteiger partial charge on any atom is 0.141 e. The molecule has 1 aromatic rings. The monoisotopic (exact) mass is 264 g/mol. The van der Waals surface area contributed by atoms with E-state index < -0.39 is 0 Å². The lowest BCUT2D eigenvalue weighted by molar-refractivity contribution is -0.0767. The Hall–Kier alpha value is -1.13. The van der Waals surface area contributed by atoms with Gasteiger partial charge in [0.05, 0.1) is 24.5 Å². The number of nitrogens with two attached hydrogens (primary N) is 1. The fraction of sp³-hybridized carbons (Fsp3) is 0.667. The smallest absolute Gasteiger partial charge is 0.141 e. The normalized spacial score (nSPS) is 26.1. The van der Waals surface area contributed by atoms with Gasteiger partial charge in [0.15, 0.2) is 0 Å². The van der Waals surface area contributed by atoms with Crippen LogP contribution in [-0.2, 0) is 4.74 Å². The van der Waals surface area contributed by atoms with Gasteiger partial charge in [0.1, 0.15) is 5.75 Å². The van der Waals surface area contributed by atoms with Crippen molar-refractivity contribution >= 4 is 0 Å². The van der Waals surface area contributed by atoms with Crippen LogP contribution >= 0.6 is 0 Å². The standard InChI is InChI=1S/C15H24N2O2/c1-14(2)8-11(15(3,4)19-14)13(16)10-6-7-17-9-12(10)18-5/h6-7,9,11,13H,8,16H2,1-5H3. The topological polar surface area (TPSA) is 57.4 Å². The molecule has 0 radical (unpaired) electrons. The number of aromatic nitrogens is 1. The maximum atomic E-state index is 6.49. The Morgan fingerprint density at radius 3 is 2.63 bits per heavy atom. The summed E-state index contributed by atoms with van der Waals surface area (Å²) in [5, 5.41) is 0. The molecule has 4 nitrogen and oxygen atoms in total. The lowest BCUT2D eigenvalue weighted by Crippen LogP contribution is -2.36. The molecule has 2 unspecified atom stereocenters. The largest absolute Gasteiger partial charge is 0.495 e. The van der Waals surface area contributed by atoms with Crippen LogP contribution in [0.15, 0.2) is 18.5 Å². The zero-order valence-electron chi connectivity index (χ0n) is 12.4. The second kappa shape index (κ2) is 4.76. The van der Waals surface area contributed by atoms with Crippen molar-refractivity contribution in [2.24, 2.45) is 11.7 Å². The molecular formula is C15H24N2O2. The molecule has 2 rings (SSSR count). The molecule has 2 atom stereocenters.